The number of esters is 1. The van der Waals surface area contributed by atoms with E-state index < -0.39 is 0 Å². The third-order valence-electron chi connectivity index (χ3n) is 2.64. The second-order valence-corrected chi connectivity index (χ2v) is 4.41. The molecule has 1 amide bonds. The zero-order valence-electron chi connectivity index (χ0n) is 12.1. The molecule has 1 rings (SSSR count). The number of benzene rings is 1. The Hall–Kier alpha value is -2.08. The molecule has 20 heavy (non-hydrogen) atoms. The van der Waals surface area contributed by atoms with Crippen molar-refractivity contribution >= 4 is 12.1 Å². The Kier molecular flexibility index (Phi) is 6.52. The fraction of sp³-hybridized carbons (Fsp3) is 0.429. The van der Waals surface area contributed by atoms with E-state index >= 15 is 0 Å². The van der Waals surface area contributed by atoms with Crippen molar-refractivity contribution in [1.29, 1.82) is 0 Å². The van der Waals surface area contributed by atoms with E-state index in [9.17, 15) is 9.59 Å². The fourth-order valence-electron chi connectivity index (χ4n) is 1.43. The van der Waals surface area contributed by atoms with Crippen LogP contribution in [-0.2, 0) is 16.1 Å². The highest BCUT2D eigenvalue weighted by molar-refractivity contribution is 5.70. The Morgan fingerprint density at radius 1 is 1.25 bits per heavy atom. The molecule has 110 valence electrons. The summed E-state index contributed by atoms with van der Waals surface area (Å²) in [6, 6.07) is 6.86. The normalized spacial score (nSPS) is 9.95. The van der Waals surface area contributed by atoms with Gasteiger partial charge in [-0.15, -0.1) is 0 Å². The molecule has 0 aliphatic heterocycles. The number of nitrogens with zero attached hydrogens (tertiary/aromatic N) is 1. The van der Waals surface area contributed by atoms with Gasteiger partial charge in [-0.1, -0.05) is 12.1 Å². The minimum absolute atomic E-state index is 0.218. The first-order valence-corrected chi connectivity index (χ1v) is 6.46. The SMILES string of the molecule is C[NH2+]CCN(C)C(=O)Oc1ccc(COC(C)=O)cc1. The van der Waals surface area contributed by atoms with Gasteiger partial charge < -0.3 is 19.7 Å². The molecule has 0 heterocycles. The summed E-state index contributed by atoms with van der Waals surface area (Å²) in [7, 11) is 3.64. The van der Waals surface area contributed by atoms with Gasteiger partial charge >= 0.3 is 12.1 Å². The van der Waals surface area contributed by atoms with Crippen LogP contribution in [0.25, 0.3) is 0 Å². The van der Waals surface area contributed by atoms with Crippen molar-refractivity contribution < 1.29 is 24.4 Å². The lowest BCUT2D eigenvalue weighted by Gasteiger charge is -2.15. The summed E-state index contributed by atoms with van der Waals surface area (Å²) in [4.78, 5) is 24.0. The second-order valence-electron chi connectivity index (χ2n) is 4.41. The molecule has 0 radical (unpaired) electrons. The van der Waals surface area contributed by atoms with E-state index in [1.54, 1.807) is 31.3 Å². The molecule has 0 atom stereocenters. The molecule has 1 aromatic rings. The zero-order valence-corrected chi connectivity index (χ0v) is 12.1. The van der Waals surface area contributed by atoms with Gasteiger partial charge in [0.15, 0.2) is 0 Å². The van der Waals surface area contributed by atoms with Gasteiger partial charge in [0.1, 0.15) is 12.4 Å². The van der Waals surface area contributed by atoms with E-state index in [1.807, 2.05) is 12.4 Å². The van der Waals surface area contributed by atoms with Gasteiger partial charge in [0.25, 0.3) is 0 Å². The van der Waals surface area contributed by atoms with Crippen molar-refractivity contribution in [1.82, 2.24) is 4.90 Å². The summed E-state index contributed by atoms with van der Waals surface area (Å²) in [6.07, 6.45) is -0.389. The van der Waals surface area contributed by atoms with Crippen LogP contribution in [0.15, 0.2) is 24.3 Å². The Bertz CT molecular complexity index is 445. The summed E-state index contributed by atoms with van der Waals surface area (Å²) >= 11 is 0. The Balaban J connectivity index is 2.48. The standard InChI is InChI=1S/C14H20N2O4/c1-11(17)19-10-12-4-6-13(7-5-12)20-14(18)16(3)9-8-15-2/h4-7,15H,8-10H2,1-3H3/p+1. The van der Waals surface area contributed by atoms with Crippen molar-refractivity contribution in [2.24, 2.45) is 0 Å². The van der Waals surface area contributed by atoms with E-state index in [2.05, 4.69) is 0 Å². The zero-order chi connectivity index (χ0) is 15.0. The topological polar surface area (TPSA) is 72.5 Å². The maximum atomic E-state index is 11.7. The van der Waals surface area contributed by atoms with E-state index in [-0.39, 0.29) is 18.7 Å². The molecule has 6 nitrogen and oxygen atoms in total. The average molecular weight is 281 g/mol. The van der Waals surface area contributed by atoms with Crippen LogP contribution in [0.5, 0.6) is 5.75 Å². The number of likely N-dealkylation sites (N-methyl/N-ethyl adjacent to an activating group) is 2. The minimum atomic E-state index is -0.389. The molecule has 0 unspecified atom stereocenters. The van der Waals surface area contributed by atoms with Gasteiger partial charge in [0.05, 0.1) is 20.1 Å². The van der Waals surface area contributed by atoms with Crippen LogP contribution >= 0.6 is 0 Å². The van der Waals surface area contributed by atoms with Gasteiger partial charge in [-0.3, -0.25) is 4.79 Å². The lowest BCUT2D eigenvalue weighted by atomic mass is 10.2. The number of carbonyl (C=O) groups is 2. The average Bonchev–Trinajstić information content (AvgIpc) is 2.43. The van der Waals surface area contributed by atoms with Crippen LogP contribution < -0.4 is 10.1 Å². The first kappa shape index (κ1) is 16.0. The van der Waals surface area contributed by atoms with Crippen molar-refractivity contribution in [2.45, 2.75) is 13.5 Å². The molecule has 2 N–H and O–H groups in total. The molecule has 0 aromatic heterocycles. The monoisotopic (exact) mass is 281 g/mol. The minimum Gasteiger partial charge on any atom is -0.461 e. The van der Waals surface area contributed by atoms with Crippen molar-refractivity contribution in [2.75, 3.05) is 27.2 Å². The largest absolute Gasteiger partial charge is 0.461 e. The molecule has 0 fully saturated rings. The lowest BCUT2D eigenvalue weighted by Crippen LogP contribution is -2.81. The highest BCUT2D eigenvalue weighted by atomic mass is 16.6. The smallest absolute Gasteiger partial charge is 0.415 e. The van der Waals surface area contributed by atoms with Gasteiger partial charge in [-0.2, -0.15) is 0 Å². The number of hydrogen-bond donors (Lipinski definition) is 1. The summed E-state index contributed by atoms with van der Waals surface area (Å²) in [5.74, 6) is 0.142. The van der Waals surface area contributed by atoms with Crippen molar-refractivity contribution in [3.63, 3.8) is 0 Å². The number of amides is 1. The van der Waals surface area contributed by atoms with Crippen LogP contribution in [-0.4, -0.2) is 44.1 Å². The molecule has 0 aliphatic carbocycles. The van der Waals surface area contributed by atoms with Crippen LogP contribution in [0.1, 0.15) is 12.5 Å². The Labute approximate surface area is 118 Å². The third-order valence-corrected chi connectivity index (χ3v) is 2.64. The molecule has 6 heteroatoms. The number of hydrogen-bond acceptors (Lipinski definition) is 4. The second kappa shape index (κ2) is 8.16. The third kappa shape index (κ3) is 5.71. The highest BCUT2D eigenvalue weighted by Crippen LogP contribution is 2.13. The molecule has 0 aliphatic rings. The van der Waals surface area contributed by atoms with Gasteiger partial charge in [-0.05, 0) is 17.7 Å². The van der Waals surface area contributed by atoms with E-state index in [0.717, 1.165) is 12.1 Å². The highest BCUT2D eigenvalue weighted by Gasteiger charge is 2.11. The predicted octanol–water partition coefficient (Wildman–Crippen LogP) is 0.373. The first-order chi connectivity index (χ1) is 9.52. The molecule has 0 bridgehead atoms. The van der Waals surface area contributed by atoms with Gasteiger partial charge in [0, 0.05) is 14.0 Å². The molecular formula is C14H21N2O4+. The van der Waals surface area contributed by atoms with Crippen LogP contribution in [0.2, 0.25) is 0 Å². The number of carbonyl (C=O) groups excluding carboxylic acids is 2. The predicted molar refractivity (Wildman–Crippen MR) is 73.3 cm³/mol. The van der Waals surface area contributed by atoms with Gasteiger partial charge in [-0.25, -0.2) is 4.79 Å². The number of ether oxygens (including phenoxy) is 2. The quantitative estimate of drug-likeness (QED) is 0.765. The van der Waals surface area contributed by atoms with Gasteiger partial charge in [0.2, 0.25) is 0 Å². The Morgan fingerprint density at radius 2 is 1.90 bits per heavy atom. The number of rotatable bonds is 6. The van der Waals surface area contributed by atoms with Crippen LogP contribution in [0.4, 0.5) is 4.79 Å². The maximum absolute atomic E-state index is 11.7. The van der Waals surface area contributed by atoms with Crippen molar-refractivity contribution in [3.05, 3.63) is 29.8 Å². The lowest BCUT2D eigenvalue weighted by molar-refractivity contribution is -0.626. The summed E-state index contributed by atoms with van der Waals surface area (Å²) in [6.45, 7) is 3.03. The summed E-state index contributed by atoms with van der Waals surface area (Å²) in [5, 5.41) is 1.99. The molecular weight excluding hydrogens is 260 g/mol. The Morgan fingerprint density at radius 3 is 2.45 bits per heavy atom. The summed E-state index contributed by atoms with van der Waals surface area (Å²) < 4.78 is 10.1. The molecule has 1 aromatic carbocycles. The van der Waals surface area contributed by atoms with E-state index in [4.69, 9.17) is 9.47 Å². The van der Waals surface area contributed by atoms with E-state index in [0.29, 0.717) is 12.3 Å². The number of nitrogens with two attached hydrogens (primary N) is 1. The van der Waals surface area contributed by atoms with Crippen molar-refractivity contribution in [3.8, 4) is 5.75 Å². The number of quaternary nitrogens is 1. The molecule has 0 saturated heterocycles. The van der Waals surface area contributed by atoms with E-state index in [1.165, 1.54) is 11.8 Å². The summed E-state index contributed by atoms with van der Waals surface area (Å²) in [5.41, 5.74) is 0.842. The fourth-order valence-corrected chi connectivity index (χ4v) is 1.43. The molecule has 0 spiro atoms. The van der Waals surface area contributed by atoms with Crippen LogP contribution in [0.3, 0.4) is 0 Å². The molecule has 0 saturated carbocycles. The van der Waals surface area contributed by atoms with Crippen LogP contribution in [0, 0.1) is 0 Å². The maximum Gasteiger partial charge on any atom is 0.415 e. The first-order valence-electron chi connectivity index (χ1n) is 6.46.